The molecule has 6 rings (SSSR count). The van der Waals surface area contributed by atoms with Crippen molar-refractivity contribution in [1.82, 2.24) is 19.1 Å². The Bertz CT molecular complexity index is 1180. The van der Waals surface area contributed by atoms with Gasteiger partial charge in [-0.2, -0.15) is 0 Å². The van der Waals surface area contributed by atoms with Crippen molar-refractivity contribution in [3.05, 3.63) is 65.7 Å². The number of ether oxygens (including phenoxy) is 2. The van der Waals surface area contributed by atoms with Gasteiger partial charge in [-0.15, -0.1) is 29.3 Å². The van der Waals surface area contributed by atoms with Gasteiger partial charge in [-0.1, -0.05) is 23.8 Å². The Labute approximate surface area is 188 Å². The smallest absolute Gasteiger partial charge is 0.519 e. The van der Waals surface area contributed by atoms with Crippen molar-refractivity contribution in [1.29, 1.82) is 0 Å². The van der Waals surface area contributed by atoms with Gasteiger partial charge in [-0.3, -0.25) is 9.97 Å². The molecule has 4 heterocycles. The Morgan fingerprint density at radius 3 is 2.37 bits per heavy atom. The second-order valence-corrected chi connectivity index (χ2v) is 7.49. The number of imidazole rings is 2. The van der Waals surface area contributed by atoms with E-state index in [9.17, 15) is 0 Å². The number of aryl methyl sites for hydroxylation is 4. The molecule has 0 fully saturated rings. The molecule has 6 nitrogen and oxygen atoms in total. The van der Waals surface area contributed by atoms with Gasteiger partial charge in [0.15, 0.2) is 0 Å². The van der Waals surface area contributed by atoms with E-state index < -0.39 is 0 Å². The maximum Gasteiger partial charge on any atom is 2.00 e. The number of nitrogens with zero attached hydrogens (tertiary/aromatic N) is 4. The summed E-state index contributed by atoms with van der Waals surface area (Å²) in [4.78, 5) is 9.27. The largest absolute Gasteiger partial charge is 2.00 e. The van der Waals surface area contributed by atoms with Crippen LogP contribution >= 0.6 is 0 Å². The molecule has 2 aromatic carbocycles. The molecule has 0 saturated heterocycles. The zero-order valence-electron chi connectivity index (χ0n) is 16.5. The van der Waals surface area contributed by atoms with Gasteiger partial charge in [0.1, 0.15) is 6.73 Å². The topological polar surface area (TPSA) is 54.1 Å². The van der Waals surface area contributed by atoms with Gasteiger partial charge >= 0.3 is 21.1 Å². The summed E-state index contributed by atoms with van der Waals surface area (Å²) in [6.45, 7) is 5.39. The van der Waals surface area contributed by atoms with Gasteiger partial charge in [-0.25, -0.2) is 0 Å². The van der Waals surface area contributed by atoms with Crippen molar-refractivity contribution in [2.45, 2.75) is 33.5 Å². The zero-order chi connectivity index (χ0) is 19.5. The molecule has 4 aromatic rings. The zero-order valence-corrected chi connectivity index (χ0v) is 18.8. The molecule has 152 valence electrons. The van der Waals surface area contributed by atoms with Gasteiger partial charge < -0.3 is 18.6 Å². The van der Waals surface area contributed by atoms with Gasteiger partial charge in [0.05, 0.1) is 11.6 Å². The van der Waals surface area contributed by atoms with Crippen molar-refractivity contribution in [2.75, 3.05) is 0 Å². The van der Waals surface area contributed by atoms with E-state index in [0.717, 1.165) is 52.9 Å². The number of hydrogen-bond acceptors (Lipinski definition) is 4. The van der Waals surface area contributed by atoms with Crippen LogP contribution in [-0.2, 0) is 40.8 Å². The summed E-state index contributed by atoms with van der Waals surface area (Å²) in [6, 6.07) is 14.6. The van der Waals surface area contributed by atoms with Crippen molar-refractivity contribution in [2.24, 2.45) is 0 Å². The maximum absolute atomic E-state index is 6.11. The van der Waals surface area contributed by atoms with Crippen LogP contribution in [0.4, 0.5) is 0 Å². The monoisotopic (exact) mass is 577 g/mol. The van der Waals surface area contributed by atoms with Crippen molar-refractivity contribution < 1.29 is 30.5 Å². The Morgan fingerprint density at radius 2 is 1.57 bits per heavy atom. The number of benzene rings is 2. The molecule has 2 aliphatic heterocycles. The molecule has 0 saturated carbocycles. The molecule has 0 amide bonds. The Kier molecular flexibility index (Phi) is 4.55. The molecule has 2 aliphatic rings. The van der Waals surface area contributed by atoms with Crippen molar-refractivity contribution in [3.63, 3.8) is 0 Å². The molecule has 0 unspecified atom stereocenters. The minimum atomic E-state index is 0. The van der Waals surface area contributed by atoms with Gasteiger partial charge in [0.25, 0.3) is 0 Å². The van der Waals surface area contributed by atoms with Gasteiger partial charge in [0, 0.05) is 47.6 Å². The fraction of sp³-hybridized carbons (Fsp3) is 0.217. The standard InChI is InChI=1S/C23H18N4O2.Pt/c1-14-11-26-8-7-16-3-4-17(9-19(16)22(26)24-14)29-18-5-6-21-20(10-18)23-25-15(2)12-27(23)13-28-21;/h3-6,11-12H,7-8,13H2,1-2H3;/q-2;+2. The average molecular weight is 578 g/mol. The summed E-state index contributed by atoms with van der Waals surface area (Å²) in [5.74, 6) is 3.82. The van der Waals surface area contributed by atoms with E-state index in [1.165, 1.54) is 5.56 Å². The maximum atomic E-state index is 6.11. The first kappa shape index (κ1) is 19.1. The predicted molar refractivity (Wildman–Crippen MR) is 107 cm³/mol. The normalized spacial score (nSPS) is 13.3. The molecule has 0 radical (unpaired) electrons. The third-order valence-corrected chi connectivity index (χ3v) is 5.33. The fourth-order valence-electron chi connectivity index (χ4n) is 4.04. The first-order valence-corrected chi connectivity index (χ1v) is 9.64. The fourth-order valence-corrected chi connectivity index (χ4v) is 4.04. The van der Waals surface area contributed by atoms with Crippen molar-refractivity contribution in [3.8, 4) is 40.0 Å². The van der Waals surface area contributed by atoms with Crippen LogP contribution in [0.3, 0.4) is 0 Å². The number of hydrogen-bond donors (Lipinski definition) is 0. The van der Waals surface area contributed by atoms with Gasteiger partial charge in [-0.05, 0) is 20.3 Å². The minimum absolute atomic E-state index is 0. The quantitative estimate of drug-likeness (QED) is 0.333. The second-order valence-electron chi connectivity index (χ2n) is 7.49. The Balaban J connectivity index is 0.00000193. The summed E-state index contributed by atoms with van der Waals surface area (Å²) < 4.78 is 16.1. The summed E-state index contributed by atoms with van der Waals surface area (Å²) in [6.07, 6.45) is 5.03. The van der Waals surface area contributed by atoms with E-state index in [0.29, 0.717) is 18.2 Å². The summed E-state index contributed by atoms with van der Waals surface area (Å²) >= 11 is 0. The second kappa shape index (κ2) is 7.13. The van der Waals surface area contributed by atoms with E-state index in [-0.39, 0.29) is 21.1 Å². The minimum Gasteiger partial charge on any atom is -0.519 e. The summed E-state index contributed by atoms with van der Waals surface area (Å²) in [7, 11) is 0. The van der Waals surface area contributed by atoms with E-state index in [1.54, 1.807) is 0 Å². The molecule has 0 N–H and O–H groups in total. The summed E-state index contributed by atoms with van der Waals surface area (Å²) in [5, 5.41) is 0. The molecule has 30 heavy (non-hydrogen) atoms. The van der Waals surface area contributed by atoms with Gasteiger partial charge in [0.2, 0.25) is 0 Å². The predicted octanol–water partition coefficient (Wildman–Crippen LogP) is 4.33. The first-order valence-electron chi connectivity index (χ1n) is 9.64. The van der Waals surface area contributed by atoms with Crippen LogP contribution in [0, 0.1) is 26.0 Å². The van der Waals surface area contributed by atoms with Crippen LogP contribution in [0.5, 0.6) is 17.2 Å². The molecule has 0 aliphatic carbocycles. The number of rotatable bonds is 2. The SMILES string of the molecule is Cc1cn2c(n1)-c1[c-]c(Oc3[c-]c4c(cc3)OCn3cc(C)nc3-4)ccc1CC2.[Pt+2]. The number of fused-ring (bicyclic) bond motifs is 6. The van der Waals surface area contributed by atoms with Crippen LogP contribution < -0.4 is 9.47 Å². The first-order chi connectivity index (χ1) is 14.1. The van der Waals surface area contributed by atoms with E-state index in [1.807, 2.05) is 42.8 Å². The Morgan fingerprint density at radius 1 is 0.900 bits per heavy atom. The van der Waals surface area contributed by atoms with E-state index >= 15 is 0 Å². The van der Waals surface area contributed by atoms with Crippen LogP contribution in [0.25, 0.3) is 22.8 Å². The molecule has 7 heteroatoms. The average Bonchev–Trinajstić information content (AvgIpc) is 3.29. The summed E-state index contributed by atoms with van der Waals surface area (Å²) in [5.41, 5.74) is 5.03. The number of aromatic nitrogens is 4. The molecule has 0 atom stereocenters. The van der Waals surface area contributed by atoms with Crippen molar-refractivity contribution >= 4 is 0 Å². The molecular weight excluding hydrogens is 559 g/mol. The third-order valence-electron chi connectivity index (χ3n) is 5.33. The third kappa shape index (κ3) is 3.07. The van der Waals surface area contributed by atoms with E-state index in [4.69, 9.17) is 9.47 Å². The molecule has 0 bridgehead atoms. The van der Waals surface area contributed by atoms with Crippen LogP contribution in [0.2, 0.25) is 0 Å². The molecular formula is C23H18N4O2Pt. The Hall–Kier alpha value is -2.85. The van der Waals surface area contributed by atoms with Crippen LogP contribution in [0.1, 0.15) is 17.0 Å². The molecule has 0 spiro atoms. The van der Waals surface area contributed by atoms with Crippen LogP contribution in [0.15, 0.2) is 36.7 Å². The van der Waals surface area contributed by atoms with Crippen LogP contribution in [-0.4, -0.2) is 19.1 Å². The van der Waals surface area contributed by atoms with E-state index in [2.05, 4.69) is 38.9 Å². The molecule has 2 aromatic heterocycles.